The number of anilines is 1. The predicted octanol–water partition coefficient (Wildman–Crippen LogP) is 4.79. The van der Waals surface area contributed by atoms with E-state index >= 15 is 0 Å². The Bertz CT molecular complexity index is 940. The summed E-state index contributed by atoms with van der Waals surface area (Å²) >= 11 is 3.11. The van der Waals surface area contributed by atoms with E-state index in [1.54, 1.807) is 31.3 Å². The average Bonchev–Trinajstić information content (AvgIpc) is 2.81. The summed E-state index contributed by atoms with van der Waals surface area (Å²) in [4.78, 5) is 35.5. The number of nitrogens with one attached hydrogen (secondary N) is 2. The molecule has 0 aliphatic heterocycles. The number of benzene rings is 2. The van der Waals surface area contributed by atoms with Crippen molar-refractivity contribution in [1.82, 2.24) is 5.32 Å². The van der Waals surface area contributed by atoms with Crippen LogP contribution in [0.2, 0.25) is 0 Å². The van der Waals surface area contributed by atoms with Crippen LogP contribution in [0.5, 0.6) is 0 Å². The summed E-state index contributed by atoms with van der Waals surface area (Å²) in [6, 6.07) is 15.7. The van der Waals surface area contributed by atoms with Crippen molar-refractivity contribution in [3.63, 3.8) is 0 Å². The lowest BCUT2D eigenvalue weighted by molar-refractivity contribution is -0.112. The minimum absolute atomic E-state index is 0.0407. The molecule has 0 saturated carbocycles. The number of aliphatic imine (C=N–C) groups is 1. The zero-order chi connectivity index (χ0) is 25.1. The highest BCUT2D eigenvalue weighted by Gasteiger charge is 2.06. The zero-order valence-corrected chi connectivity index (χ0v) is 21.0. The molecule has 0 heterocycles. The van der Waals surface area contributed by atoms with Crippen LogP contribution >= 0.6 is 12.6 Å². The van der Waals surface area contributed by atoms with Gasteiger partial charge in [-0.3, -0.25) is 19.4 Å². The average molecular weight is 470 g/mol. The van der Waals surface area contributed by atoms with Crippen LogP contribution in [0.3, 0.4) is 0 Å². The topological polar surface area (TPSA) is 87.6 Å². The van der Waals surface area contributed by atoms with Crippen LogP contribution in [0, 0.1) is 0 Å². The Kier molecular flexibility index (Phi) is 16.6. The van der Waals surface area contributed by atoms with Gasteiger partial charge < -0.3 is 10.6 Å². The van der Waals surface area contributed by atoms with Crippen LogP contribution in [0.15, 0.2) is 65.7 Å². The molecule has 2 rings (SSSR count). The second-order valence-electron chi connectivity index (χ2n) is 6.68. The van der Waals surface area contributed by atoms with Gasteiger partial charge >= 0.3 is 0 Å². The van der Waals surface area contributed by atoms with Crippen LogP contribution in [0.25, 0.3) is 0 Å². The third kappa shape index (κ3) is 13.1. The van der Waals surface area contributed by atoms with Crippen molar-refractivity contribution in [2.24, 2.45) is 4.99 Å². The highest BCUT2D eigenvalue weighted by molar-refractivity contribution is 7.94. The molecule has 0 bridgehead atoms. The summed E-state index contributed by atoms with van der Waals surface area (Å²) < 4.78 is 0. The number of allylic oxidation sites excluding steroid dienone is 2. The van der Waals surface area contributed by atoms with E-state index in [2.05, 4.69) is 66.4 Å². The monoisotopic (exact) mass is 469 g/mol. The first-order valence-corrected chi connectivity index (χ1v) is 11.3. The minimum atomic E-state index is -0.115. The molecular weight excluding hydrogens is 434 g/mol. The number of hydrogen-bond donors (Lipinski definition) is 3. The van der Waals surface area contributed by atoms with E-state index in [1.165, 1.54) is 24.3 Å². The van der Waals surface area contributed by atoms with Gasteiger partial charge in [0, 0.05) is 37.0 Å². The smallest absolute Gasteiger partial charge is 0.251 e. The Labute approximate surface area is 203 Å². The molecule has 2 aromatic rings. The van der Waals surface area contributed by atoms with E-state index in [1.807, 2.05) is 13.0 Å². The maximum atomic E-state index is 11.8. The zero-order valence-electron chi connectivity index (χ0n) is 20.1. The molecule has 0 aromatic heterocycles. The molecule has 0 unspecified atom stereocenters. The normalized spacial score (nSPS) is 10.3. The van der Waals surface area contributed by atoms with E-state index in [0.29, 0.717) is 23.4 Å². The number of rotatable bonds is 8. The van der Waals surface area contributed by atoms with Crippen molar-refractivity contribution in [1.29, 1.82) is 0 Å². The molecule has 2 aromatic carbocycles. The predicted molar refractivity (Wildman–Crippen MR) is 142 cm³/mol. The van der Waals surface area contributed by atoms with Gasteiger partial charge in [-0.05, 0) is 69.2 Å². The highest BCUT2D eigenvalue weighted by Crippen LogP contribution is 2.10. The standard InChI is InChI=1S/C15H18N2O2.C10H15N.CH2OS/c1-4-17-15(19)13-7-5-6-12(10-13)14(16-3)9-8-11(2)18;1-3-9-6-5-7-10(8-9)11-4-2;2-1-3/h5-10H,4H2,1-3H3,(H,17,19);5-8,11H,3-4H2,1-2H3;1H,(H,2,3)/b9-8-,16-14?;;. The third-order valence-corrected chi connectivity index (χ3v) is 4.19. The second-order valence-corrected chi connectivity index (χ2v) is 6.89. The summed E-state index contributed by atoms with van der Waals surface area (Å²) in [5.41, 5.74) is 5.12. The number of ketones is 1. The number of carbonyl (C=O) groups excluding carboxylic acids is 3. The van der Waals surface area contributed by atoms with E-state index in [-0.39, 0.29) is 11.7 Å². The molecule has 6 nitrogen and oxygen atoms in total. The summed E-state index contributed by atoms with van der Waals surface area (Å²) in [6.07, 6.45) is 4.22. The first kappa shape index (κ1) is 29.8. The van der Waals surface area contributed by atoms with Crippen molar-refractivity contribution in [3.05, 3.63) is 77.4 Å². The van der Waals surface area contributed by atoms with E-state index in [4.69, 9.17) is 4.79 Å². The molecule has 0 fully saturated rings. The molecule has 178 valence electrons. The fourth-order valence-electron chi connectivity index (χ4n) is 2.68. The van der Waals surface area contributed by atoms with Gasteiger partial charge in [0.2, 0.25) is 0 Å². The van der Waals surface area contributed by atoms with Crippen molar-refractivity contribution in [2.75, 3.05) is 25.5 Å². The summed E-state index contributed by atoms with van der Waals surface area (Å²) in [6.45, 7) is 9.21. The SMILES string of the molecule is CCNC(=O)c1cccc(C(/C=C\C(C)=O)=NC)c1.CCNc1cccc(CC)c1.O=CS. The largest absolute Gasteiger partial charge is 0.385 e. The lowest BCUT2D eigenvalue weighted by atomic mass is 10.1. The molecule has 7 heteroatoms. The van der Waals surface area contributed by atoms with E-state index in [0.717, 1.165) is 18.5 Å². The molecular formula is C26H35N3O3S. The molecule has 1 amide bonds. The van der Waals surface area contributed by atoms with Crippen LogP contribution in [-0.4, -0.2) is 43.2 Å². The molecule has 0 radical (unpaired) electrons. The second kappa shape index (κ2) is 18.4. The minimum Gasteiger partial charge on any atom is -0.385 e. The van der Waals surface area contributed by atoms with Crippen LogP contribution in [0.1, 0.15) is 49.2 Å². The Morgan fingerprint density at radius 1 is 0.970 bits per heavy atom. The number of aryl methyl sites for hydroxylation is 1. The fraction of sp³-hybridized carbons (Fsp3) is 0.308. The third-order valence-electron chi connectivity index (χ3n) is 4.19. The van der Waals surface area contributed by atoms with Gasteiger partial charge in [0.1, 0.15) is 0 Å². The van der Waals surface area contributed by atoms with Crippen LogP contribution in [-0.2, 0) is 16.0 Å². The summed E-state index contributed by atoms with van der Waals surface area (Å²) in [7, 11) is 1.65. The highest BCUT2D eigenvalue weighted by atomic mass is 32.1. The van der Waals surface area contributed by atoms with Crippen molar-refractivity contribution in [3.8, 4) is 0 Å². The van der Waals surface area contributed by atoms with E-state index in [9.17, 15) is 9.59 Å². The van der Waals surface area contributed by atoms with E-state index < -0.39 is 0 Å². The van der Waals surface area contributed by atoms with Crippen LogP contribution in [0.4, 0.5) is 5.69 Å². The Balaban J connectivity index is 0.000000616. The first-order chi connectivity index (χ1) is 15.9. The van der Waals surface area contributed by atoms with Crippen LogP contribution < -0.4 is 10.6 Å². The van der Waals surface area contributed by atoms with Gasteiger partial charge in [-0.15, -0.1) is 12.6 Å². The van der Waals surface area contributed by atoms with Crippen molar-refractivity contribution < 1.29 is 14.4 Å². The quantitative estimate of drug-likeness (QED) is 0.225. The van der Waals surface area contributed by atoms with Gasteiger partial charge in [-0.25, -0.2) is 0 Å². The molecule has 0 aliphatic carbocycles. The molecule has 0 spiro atoms. The van der Waals surface area contributed by atoms with Crippen molar-refractivity contribution >= 4 is 41.3 Å². The first-order valence-electron chi connectivity index (χ1n) is 10.8. The van der Waals surface area contributed by atoms with Gasteiger partial charge in [-0.1, -0.05) is 31.2 Å². The number of nitrogens with zero attached hydrogens (tertiary/aromatic N) is 1. The Hall–Kier alpha value is -3.19. The Morgan fingerprint density at radius 3 is 2.15 bits per heavy atom. The number of hydrogen-bond acceptors (Lipinski definition) is 5. The Morgan fingerprint density at radius 2 is 1.61 bits per heavy atom. The summed E-state index contributed by atoms with van der Waals surface area (Å²) in [5, 5.41) is 6.03. The molecule has 0 atom stereocenters. The fourth-order valence-corrected chi connectivity index (χ4v) is 2.68. The number of thiol groups is 1. The molecule has 33 heavy (non-hydrogen) atoms. The van der Waals surface area contributed by atoms with Gasteiger partial charge in [-0.2, -0.15) is 0 Å². The molecule has 2 N–H and O–H groups in total. The maximum absolute atomic E-state index is 11.8. The molecule has 0 aliphatic rings. The van der Waals surface area contributed by atoms with Gasteiger partial charge in [0.25, 0.3) is 5.91 Å². The van der Waals surface area contributed by atoms with Crippen molar-refractivity contribution in [2.45, 2.75) is 34.1 Å². The van der Waals surface area contributed by atoms with Gasteiger partial charge in [0.05, 0.1) is 5.71 Å². The lowest BCUT2D eigenvalue weighted by Crippen LogP contribution is -2.22. The number of amides is 1. The molecule has 0 saturated heterocycles. The summed E-state index contributed by atoms with van der Waals surface area (Å²) in [5.74, 6) is -0.156. The van der Waals surface area contributed by atoms with Gasteiger partial charge in [0.15, 0.2) is 11.4 Å². The maximum Gasteiger partial charge on any atom is 0.251 e. The number of carbonyl (C=O) groups is 3. The lowest BCUT2D eigenvalue weighted by Gasteiger charge is -2.05.